The van der Waals surface area contributed by atoms with E-state index in [0.29, 0.717) is 18.7 Å². The molecule has 6 nitrogen and oxygen atoms in total. The molecule has 0 spiro atoms. The Labute approximate surface area is 111 Å². The molecule has 1 aromatic rings. The van der Waals surface area contributed by atoms with Crippen molar-refractivity contribution < 1.29 is 24.5 Å². The molecular weight excluding hydrogens is 250 g/mol. The van der Waals surface area contributed by atoms with Crippen LogP contribution < -0.4 is 0 Å². The Balaban J connectivity index is 2.54. The molecular formula is C13H17NO5. The van der Waals surface area contributed by atoms with Crippen LogP contribution in [0.3, 0.4) is 0 Å². The van der Waals surface area contributed by atoms with Crippen LogP contribution >= 0.6 is 0 Å². The first-order valence-electron chi connectivity index (χ1n) is 5.83. The van der Waals surface area contributed by atoms with Crippen LogP contribution in [0, 0.1) is 0 Å². The summed E-state index contributed by atoms with van der Waals surface area (Å²) < 4.78 is 5.07. The number of hydrogen-bond donors (Lipinski definition) is 2. The van der Waals surface area contributed by atoms with Gasteiger partial charge in [0.2, 0.25) is 0 Å². The van der Waals surface area contributed by atoms with Gasteiger partial charge in [0.1, 0.15) is 0 Å². The molecule has 1 amide bonds. The van der Waals surface area contributed by atoms with Crippen molar-refractivity contribution in [2.75, 3.05) is 33.4 Å². The van der Waals surface area contributed by atoms with Crippen LogP contribution in [0.4, 0.5) is 0 Å². The number of carbonyl (C=O) groups is 2. The first kappa shape index (κ1) is 15.1. The fraction of sp³-hybridized carbons (Fsp3) is 0.385. The van der Waals surface area contributed by atoms with Gasteiger partial charge in [-0.1, -0.05) is 0 Å². The zero-order valence-electron chi connectivity index (χ0n) is 10.7. The molecule has 0 aliphatic heterocycles. The third-order valence-electron chi connectivity index (χ3n) is 2.53. The van der Waals surface area contributed by atoms with Crippen LogP contribution in [0.5, 0.6) is 0 Å². The largest absolute Gasteiger partial charge is 0.478 e. The van der Waals surface area contributed by atoms with Crippen molar-refractivity contribution in [3.63, 3.8) is 0 Å². The predicted octanol–water partition coefficient (Wildman–Crippen LogP) is 0.466. The lowest BCUT2D eigenvalue weighted by Gasteiger charge is -2.17. The Morgan fingerprint density at radius 3 is 2.26 bits per heavy atom. The number of carbonyl (C=O) groups excluding carboxylic acids is 1. The fourth-order valence-corrected chi connectivity index (χ4v) is 1.45. The molecule has 19 heavy (non-hydrogen) atoms. The van der Waals surface area contributed by atoms with Gasteiger partial charge in [0.25, 0.3) is 5.91 Å². The standard InChI is InChI=1S/C13H17NO5/c1-14(6-8-19-9-7-15)12(16)10-2-4-11(5-3-10)13(17)18/h2-5,15H,6-9H2,1H3,(H,17,18). The van der Waals surface area contributed by atoms with Gasteiger partial charge in [-0.15, -0.1) is 0 Å². The highest BCUT2D eigenvalue weighted by atomic mass is 16.5. The topological polar surface area (TPSA) is 87.1 Å². The van der Waals surface area contributed by atoms with Gasteiger partial charge in [-0.2, -0.15) is 0 Å². The molecule has 0 aliphatic carbocycles. The van der Waals surface area contributed by atoms with Gasteiger partial charge in [-0.25, -0.2) is 4.79 Å². The van der Waals surface area contributed by atoms with E-state index in [4.69, 9.17) is 14.9 Å². The Morgan fingerprint density at radius 2 is 1.74 bits per heavy atom. The van der Waals surface area contributed by atoms with Crippen molar-refractivity contribution in [3.8, 4) is 0 Å². The van der Waals surface area contributed by atoms with Crippen LogP contribution in [-0.4, -0.2) is 60.4 Å². The fourth-order valence-electron chi connectivity index (χ4n) is 1.45. The van der Waals surface area contributed by atoms with E-state index >= 15 is 0 Å². The maximum atomic E-state index is 12.0. The normalized spacial score (nSPS) is 10.2. The van der Waals surface area contributed by atoms with E-state index in [2.05, 4.69) is 0 Å². The zero-order chi connectivity index (χ0) is 14.3. The number of hydrogen-bond acceptors (Lipinski definition) is 4. The molecule has 0 unspecified atom stereocenters. The summed E-state index contributed by atoms with van der Waals surface area (Å²) in [7, 11) is 1.63. The first-order valence-corrected chi connectivity index (χ1v) is 5.83. The number of amides is 1. The maximum absolute atomic E-state index is 12.0. The molecule has 0 bridgehead atoms. The molecule has 2 N–H and O–H groups in total. The average molecular weight is 267 g/mol. The average Bonchev–Trinajstić information content (AvgIpc) is 2.42. The number of carboxylic acids is 1. The highest BCUT2D eigenvalue weighted by molar-refractivity contribution is 5.95. The van der Waals surface area contributed by atoms with Crippen LogP contribution in [0.1, 0.15) is 20.7 Å². The minimum atomic E-state index is -1.02. The van der Waals surface area contributed by atoms with Crippen LogP contribution in [0.15, 0.2) is 24.3 Å². The second kappa shape index (κ2) is 7.50. The lowest BCUT2D eigenvalue weighted by atomic mass is 10.1. The van der Waals surface area contributed by atoms with Gasteiger partial charge < -0.3 is 19.8 Å². The van der Waals surface area contributed by atoms with E-state index in [1.54, 1.807) is 7.05 Å². The lowest BCUT2D eigenvalue weighted by Crippen LogP contribution is -2.30. The quantitative estimate of drug-likeness (QED) is 0.701. The number of rotatable bonds is 7. The summed E-state index contributed by atoms with van der Waals surface area (Å²) in [5.41, 5.74) is 0.570. The van der Waals surface area contributed by atoms with E-state index < -0.39 is 5.97 Å². The van der Waals surface area contributed by atoms with Crippen LogP contribution in [-0.2, 0) is 4.74 Å². The molecule has 6 heteroatoms. The van der Waals surface area contributed by atoms with Gasteiger partial charge in [0, 0.05) is 19.2 Å². The van der Waals surface area contributed by atoms with Crippen molar-refractivity contribution in [1.29, 1.82) is 0 Å². The highest BCUT2D eigenvalue weighted by Crippen LogP contribution is 2.07. The van der Waals surface area contributed by atoms with Crippen molar-refractivity contribution in [2.45, 2.75) is 0 Å². The van der Waals surface area contributed by atoms with Gasteiger partial charge in [-0.3, -0.25) is 4.79 Å². The molecule has 0 aliphatic rings. The van der Waals surface area contributed by atoms with E-state index in [-0.39, 0.29) is 24.7 Å². The monoisotopic (exact) mass is 267 g/mol. The molecule has 1 rings (SSSR count). The SMILES string of the molecule is CN(CCOCCO)C(=O)c1ccc(C(=O)O)cc1. The third-order valence-corrected chi connectivity index (χ3v) is 2.53. The van der Waals surface area contributed by atoms with Crippen molar-refractivity contribution in [2.24, 2.45) is 0 Å². The van der Waals surface area contributed by atoms with Gasteiger partial charge in [-0.05, 0) is 24.3 Å². The Hall–Kier alpha value is -1.92. The van der Waals surface area contributed by atoms with Gasteiger partial charge in [0.15, 0.2) is 0 Å². The summed E-state index contributed by atoms with van der Waals surface area (Å²) in [5.74, 6) is -1.23. The molecule has 104 valence electrons. The third kappa shape index (κ3) is 4.69. The molecule has 1 aromatic carbocycles. The maximum Gasteiger partial charge on any atom is 0.335 e. The molecule has 0 aromatic heterocycles. The van der Waals surface area contributed by atoms with Crippen molar-refractivity contribution in [3.05, 3.63) is 35.4 Å². The molecule has 0 atom stereocenters. The second-order valence-electron chi connectivity index (χ2n) is 3.95. The van der Waals surface area contributed by atoms with Gasteiger partial charge in [0.05, 0.1) is 25.4 Å². The molecule has 0 heterocycles. The summed E-state index contributed by atoms with van der Waals surface area (Å²) in [6.07, 6.45) is 0. The summed E-state index contributed by atoms with van der Waals surface area (Å²) in [6, 6.07) is 5.76. The Bertz CT molecular complexity index is 429. The number of likely N-dealkylation sites (N-methyl/N-ethyl adjacent to an activating group) is 1. The number of aromatic carboxylic acids is 1. The molecule has 0 fully saturated rings. The Kier molecular flexibility index (Phi) is 5.98. The number of carboxylic acid groups (broad SMARTS) is 1. The van der Waals surface area contributed by atoms with Gasteiger partial charge >= 0.3 is 5.97 Å². The molecule has 0 saturated carbocycles. The minimum Gasteiger partial charge on any atom is -0.478 e. The summed E-state index contributed by atoms with van der Waals surface area (Å²) in [5, 5.41) is 17.3. The number of ether oxygens (including phenoxy) is 1. The van der Waals surface area contributed by atoms with E-state index in [0.717, 1.165) is 0 Å². The Morgan fingerprint density at radius 1 is 1.16 bits per heavy atom. The number of aliphatic hydroxyl groups is 1. The zero-order valence-corrected chi connectivity index (χ0v) is 10.7. The smallest absolute Gasteiger partial charge is 0.335 e. The summed E-state index contributed by atoms with van der Waals surface area (Å²) in [4.78, 5) is 24.1. The second-order valence-corrected chi connectivity index (χ2v) is 3.95. The van der Waals surface area contributed by atoms with E-state index in [1.807, 2.05) is 0 Å². The van der Waals surface area contributed by atoms with Crippen LogP contribution in [0.2, 0.25) is 0 Å². The number of aliphatic hydroxyl groups excluding tert-OH is 1. The number of nitrogens with zero attached hydrogens (tertiary/aromatic N) is 1. The van der Waals surface area contributed by atoms with Crippen molar-refractivity contribution >= 4 is 11.9 Å². The summed E-state index contributed by atoms with van der Waals surface area (Å²) >= 11 is 0. The molecule has 0 radical (unpaired) electrons. The van der Waals surface area contributed by atoms with Crippen molar-refractivity contribution in [1.82, 2.24) is 4.90 Å². The summed E-state index contributed by atoms with van der Waals surface area (Å²) in [6.45, 7) is 0.944. The molecule has 0 saturated heterocycles. The lowest BCUT2D eigenvalue weighted by molar-refractivity contribution is 0.0617. The van der Waals surface area contributed by atoms with E-state index in [1.165, 1.54) is 29.2 Å². The van der Waals surface area contributed by atoms with Crippen LogP contribution in [0.25, 0.3) is 0 Å². The predicted molar refractivity (Wildman–Crippen MR) is 68.3 cm³/mol. The van der Waals surface area contributed by atoms with E-state index in [9.17, 15) is 9.59 Å². The first-order chi connectivity index (χ1) is 9.06. The minimum absolute atomic E-state index is 0.0473. The highest BCUT2D eigenvalue weighted by Gasteiger charge is 2.12. The number of benzene rings is 1.